The number of hydrogen-bond donors (Lipinski definition) is 0. The van der Waals surface area contributed by atoms with Crippen molar-refractivity contribution in [2.24, 2.45) is 0 Å². The van der Waals surface area contributed by atoms with Crippen LogP contribution >= 0.6 is 11.8 Å². The monoisotopic (exact) mass is 456 g/mol. The van der Waals surface area contributed by atoms with E-state index in [-0.39, 0.29) is 12.8 Å². The van der Waals surface area contributed by atoms with Crippen LogP contribution in [0.25, 0.3) is 0 Å². The van der Waals surface area contributed by atoms with E-state index in [0.717, 1.165) is 30.0 Å². The number of para-hydroxylation sites is 2. The van der Waals surface area contributed by atoms with Crippen molar-refractivity contribution in [2.45, 2.75) is 22.3 Å². The molecule has 3 aromatic rings. The summed E-state index contributed by atoms with van der Waals surface area (Å²) in [6.45, 7) is 1.77. The summed E-state index contributed by atoms with van der Waals surface area (Å²) in [6, 6.07) is 19.1. The molecule has 0 N–H and O–H groups in total. The molecule has 3 heterocycles. The molecule has 0 fully saturated rings. The van der Waals surface area contributed by atoms with E-state index in [4.69, 9.17) is 14.2 Å². The average molecular weight is 457 g/mol. The molecule has 0 aromatic heterocycles. The summed E-state index contributed by atoms with van der Waals surface area (Å²) in [6.07, 6.45) is 0.932. The van der Waals surface area contributed by atoms with Crippen molar-refractivity contribution >= 4 is 23.1 Å². The van der Waals surface area contributed by atoms with Crippen LogP contribution in [0.4, 0.5) is 11.4 Å². The fraction of sp³-hybridized carbons (Fsp3) is 0.259. The SMILES string of the molecule is COc1c2c(cc3c1[C@@H](C#CCN1c4ccccc4Sc4ccccc41)N(C)CC3)OCO2. The van der Waals surface area contributed by atoms with Gasteiger partial charge >= 0.3 is 0 Å². The molecule has 166 valence electrons. The molecule has 6 heteroatoms. The number of hydrogen-bond acceptors (Lipinski definition) is 6. The Kier molecular flexibility index (Phi) is 5.09. The lowest BCUT2D eigenvalue weighted by atomic mass is 9.91. The lowest BCUT2D eigenvalue weighted by molar-refractivity contribution is 0.171. The molecular weight excluding hydrogens is 432 g/mol. The molecule has 0 amide bonds. The van der Waals surface area contributed by atoms with Crippen LogP contribution in [0.1, 0.15) is 17.2 Å². The van der Waals surface area contributed by atoms with Crippen molar-refractivity contribution in [3.05, 3.63) is 65.7 Å². The van der Waals surface area contributed by atoms with E-state index in [1.54, 1.807) is 7.11 Å². The Hall–Kier alpha value is -3.27. The van der Waals surface area contributed by atoms with E-state index >= 15 is 0 Å². The third-order valence-corrected chi connectivity index (χ3v) is 7.53. The maximum absolute atomic E-state index is 5.81. The summed E-state index contributed by atoms with van der Waals surface area (Å²) in [5, 5.41) is 0. The van der Waals surface area contributed by atoms with Gasteiger partial charge in [0.2, 0.25) is 12.5 Å². The number of rotatable bonds is 2. The highest BCUT2D eigenvalue weighted by Gasteiger charge is 2.33. The molecule has 3 aromatic carbocycles. The molecule has 0 radical (unpaired) electrons. The molecule has 0 saturated heterocycles. The van der Waals surface area contributed by atoms with Gasteiger partial charge in [-0.3, -0.25) is 4.90 Å². The zero-order valence-electron chi connectivity index (χ0n) is 18.6. The lowest BCUT2D eigenvalue weighted by Gasteiger charge is -2.33. The van der Waals surface area contributed by atoms with Crippen molar-refractivity contribution in [1.82, 2.24) is 4.90 Å². The van der Waals surface area contributed by atoms with Gasteiger partial charge in [0.05, 0.1) is 25.0 Å². The fourth-order valence-electron chi connectivity index (χ4n) is 4.79. The summed E-state index contributed by atoms with van der Waals surface area (Å²) in [5.74, 6) is 9.25. The number of anilines is 2. The zero-order chi connectivity index (χ0) is 22.4. The van der Waals surface area contributed by atoms with E-state index in [1.807, 2.05) is 11.8 Å². The summed E-state index contributed by atoms with van der Waals surface area (Å²) in [4.78, 5) is 7.11. The van der Waals surface area contributed by atoms with Gasteiger partial charge in [-0.05, 0) is 49.4 Å². The van der Waals surface area contributed by atoms with Crippen LogP contribution in [0.2, 0.25) is 0 Å². The van der Waals surface area contributed by atoms with E-state index in [9.17, 15) is 0 Å². The second-order valence-electron chi connectivity index (χ2n) is 8.29. The van der Waals surface area contributed by atoms with Crippen LogP contribution in [0, 0.1) is 11.8 Å². The number of benzene rings is 3. The van der Waals surface area contributed by atoms with E-state index in [0.29, 0.717) is 12.3 Å². The maximum atomic E-state index is 5.81. The summed E-state index contributed by atoms with van der Waals surface area (Å²) >= 11 is 1.81. The van der Waals surface area contributed by atoms with Gasteiger partial charge in [-0.1, -0.05) is 47.9 Å². The molecule has 0 aliphatic carbocycles. The number of methoxy groups -OCH3 is 1. The Morgan fingerprint density at radius 2 is 1.79 bits per heavy atom. The van der Waals surface area contributed by atoms with Crippen LogP contribution in [0.3, 0.4) is 0 Å². The van der Waals surface area contributed by atoms with Gasteiger partial charge in [0.15, 0.2) is 11.5 Å². The van der Waals surface area contributed by atoms with E-state index < -0.39 is 0 Å². The smallest absolute Gasteiger partial charge is 0.231 e. The number of likely N-dealkylation sites (N-methyl/N-ethyl adjacent to an activating group) is 1. The molecule has 0 bridgehead atoms. The molecule has 33 heavy (non-hydrogen) atoms. The van der Waals surface area contributed by atoms with Gasteiger partial charge in [-0.2, -0.15) is 0 Å². The Labute approximate surface area is 198 Å². The third kappa shape index (κ3) is 3.40. The molecule has 3 aliphatic rings. The molecule has 0 spiro atoms. The normalized spacial score (nSPS) is 18.0. The van der Waals surface area contributed by atoms with Gasteiger partial charge in [-0.15, -0.1) is 0 Å². The number of nitrogens with zero attached hydrogens (tertiary/aromatic N) is 2. The van der Waals surface area contributed by atoms with Crippen LogP contribution in [0.15, 0.2) is 64.4 Å². The minimum Gasteiger partial charge on any atom is -0.492 e. The molecular formula is C27H24N2O3S. The molecule has 1 atom stereocenters. The summed E-state index contributed by atoms with van der Waals surface area (Å²) in [5.41, 5.74) is 4.72. The first-order valence-corrected chi connectivity index (χ1v) is 11.9. The minimum absolute atomic E-state index is 0.0668. The number of ether oxygens (including phenoxy) is 3. The van der Waals surface area contributed by atoms with Crippen molar-refractivity contribution < 1.29 is 14.2 Å². The first-order valence-electron chi connectivity index (χ1n) is 11.1. The predicted molar refractivity (Wildman–Crippen MR) is 130 cm³/mol. The second-order valence-corrected chi connectivity index (χ2v) is 9.38. The summed E-state index contributed by atoms with van der Waals surface area (Å²) < 4.78 is 17.2. The van der Waals surface area contributed by atoms with E-state index in [2.05, 4.69) is 83.3 Å². The average Bonchev–Trinajstić information content (AvgIpc) is 3.32. The van der Waals surface area contributed by atoms with Gasteiger partial charge in [0.1, 0.15) is 6.04 Å². The van der Waals surface area contributed by atoms with E-state index in [1.165, 1.54) is 26.7 Å². The third-order valence-electron chi connectivity index (χ3n) is 6.40. The lowest BCUT2D eigenvalue weighted by Crippen LogP contribution is -2.32. The fourth-order valence-corrected chi connectivity index (χ4v) is 5.88. The topological polar surface area (TPSA) is 34.2 Å². The standard InChI is InChI=1S/C27H24N2O3S/c1-28-15-13-18-16-22-26(32-17-31-22)27(30-2)25(18)21(28)10-7-14-29-19-8-3-5-11-23(19)33-24-12-6-4-9-20(24)29/h3-6,8-9,11-12,16,21H,13-15,17H2,1-2H3/t21-/m1/s1. The van der Waals surface area contributed by atoms with Gasteiger partial charge in [0.25, 0.3) is 0 Å². The van der Waals surface area contributed by atoms with Gasteiger partial charge < -0.3 is 19.1 Å². The Morgan fingerprint density at radius 3 is 2.52 bits per heavy atom. The molecule has 6 rings (SSSR count). The highest BCUT2D eigenvalue weighted by Crippen LogP contribution is 2.50. The van der Waals surface area contributed by atoms with Crippen LogP contribution in [-0.4, -0.2) is 38.9 Å². The second kappa shape index (κ2) is 8.26. The van der Waals surface area contributed by atoms with Crippen LogP contribution in [0.5, 0.6) is 17.2 Å². The van der Waals surface area contributed by atoms with Crippen molar-refractivity contribution in [1.29, 1.82) is 0 Å². The molecule has 5 nitrogen and oxygen atoms in total. The van der Waals surface area contributed by atoms with Crippen molar-refractivity contribution in [2.75, 3.05) is 38.9 Å². The summed E-state index contributed by atoms with van der Waals surface area (Å²) in [7, 11) is 3.81. The van der Waals surface area contributed by atoms with Crippen molar-refractivity contribution in [3.8, 4) is 29.1 Å². The maximum Gasteiger partial charge on any atom is 0.231 e. The van der Waals surface area contributed by atoms with Gasteiger partial charge in [-0.25, -0.2) is 0 Å². The quantitative estimate of drug-likeness (QED) is 0.490. The zero-order valence-corrected chi connectivity index (χ0v) is 19.4. The van der Waals surface area contributed by atoms with Crippen LogP contribution < -0.4 is 19.1 Å². The highest BCUT2D eigenvalue weighted by atomic mass is 32.2. The number of fused-ring (bicyclic) bond motifs is 4. The largest absolute Gasteiger partial charge is 0.492 e. The molecule has 0 saturated carbocycles. The van der Waals surface area contributed by atoms with Crippen molar-refractivity contribution in [3.63, 3.8) is 0 Å². The highest BCUT2D eigenvalue weighted by molar-refractivity contribution is 7.99. The Balaban J connectivity index is 1.37. The molecule has 0 unspecified atom stereocenters. The van der Waals surface area contributed by atoms with Gasteiger partial charge in [0, 0.05) is 21.9 Å². The Morgan fingerprint density at radius 1 is 1.06 bits per heavy atom. The molecule has 3 aliphatic heterocycles. The minimum atomic E-state index is -0.0668. The van der Waals surface area contributed by atoms with Crippen LogP contribution in [-0.2, 0) is 6.42 Å². The first-order chi connectivity index (χ1) is 16.2. The predicted octanol–water partition coefficient (Wildman–Crippen LogP) is 5.26. The first kappa shape index (κ1) is 20.3. The Bertz CT molecular complexity index is 1250.